The van der Waals surface area contributed by atoms with Crippen LogP contribution in [0.15, 0.2) is 24.3 Å². The van der Waals surface area contributed by atoms with Crippen LogP contribution in [0.25, 0.3) is 0 Å². The number of benzene rings is 1. The lowest BCUT2D eigenvalue weighted by atomic mass is 10.3. The maximum Gasteiger partial charge on any atom is 0.247 e. The number of amides is 2. The predicted octanol–water partition coefficient (Wildman–Crippen LogP) is 0.865. The van der Waals surface area contributed by atoms with Gasteiger partial charge in [0.25, 0.3) is 0 Å². The standard InChI is InChI=1S/C12H14N2O3S/c1-17-9-4-2-8(3-5-9)14-12(16)10-11(15)13-6-7-18-10/h2-5,10H,6-7H2,1H3,(H,13,15)(H,14,16)/t10-/m1/s1. The highest BCUT2D eigenvalue weighted by Gasteiger charge is 2.29. The van der Waals surface area contributed by atoms with Gasteiger partial charge in [0, 0.05) is 18.0 Å². The summed E-state index contributed by atoms with van der Waals surface area (Å²) in [6.07, 6.45) is 0. The van der Waals surface area contributed by atoms with Crippen molar-refractivity contribution in [3.05, 3.63) is 24.3 Å². The van der Waals surface area contributed by atoms with E-state index >= 15 is 0 Å². The van der Waals surface area contributed by atoms with Crippen LogP contribution in [-0.2, 0) is 9.59 Å². The molecule has 1 saturated heterocycles. The average Bonchev–Trinajstić information content (AvgIpc) is 2.40. The van der Waals surface area contributed by atoms with Crippen LogP contribution < -0.4 is 15.4 Å². The maximum absolute atomic E-state index is 11.9. The lowest BCUT2D eigenvalue weighted by Gasteiger charge is -2.20. The minimum atomic E-state index is -0.666. The van der Waals surface area contributed by atoms with Gasteiger partial charge in [-0.05, 0) is 24.3 Å². The van der Waals surface area contributed by atoms with Gasteiger partial charge in [0.05, 0.1) is 7.11 Å². The molecule has 0 radical (unpaired) electrons. The number of hydrogen-bond acceptors (Lipinski definition) is 4. The van der Waals surface area contributed by atoms with Crippen LogP contribution in [0.3, 0.4) is 0 Å². The Morgan fingerprint density at radius 1 is 1.44 bits per heavy atom. The molecule has 0 bridgehead atoms. The summed E-state index contributed by atoms with van der Waals surface area (Å²) in [7, 11) is 1.58. The summed E-state index contributed by atoms with van der Waals surface area (Å²) < 4.78 is 5.03. The lowest BCUT2D eigenvalue weighted by molar-refractivity contribution is -0.126. The van der Waals surface area contributed by atoms with Gasteiger partial charge in [-0.1, -0.05) is 0 Å². The Balaban J connectivity index is 1.99. The average molecular weight is 266 g/mol. The van der Waals surface area contributed by atoms with E-state index in [0.717, 1.165) is 11.5 Å². The van der Waals surface area contributed by atoms with Crippen molar-refractivity contribution in [1.82, 2.24) is 5.32 Å². The first-order valence-corrected chi connectivity index (χ1v) is 6.60. The van der Waals surface area contributed by atoms with Crippen LogP contribution in [0.4, 0.5) is 5.69 Å². The fourth-order valence-corrected chi connectivity index (χ4v) is 2.50. The van der Waals surface area contributed by atoms with Gasteiger partial charge in [-0.3, -0.25) is 9.59 Å². The third-order valence-corrected chi connectivity index (χ3v) is 3.72. The van der Waals surface area contributed by atoms with Crippen LogP contribution in [0.1, 0.15) is 0 Å². The van der Waals surface area contributed by atoms with Gasteiger partial charge in [-0.2, -0.15) is 0 Å². The molecule has 0 saturated carbocycles. The van der Waals surface area contributed by atoms with Crippen molar-refractivity contribution in [3.63, 3.8) is 0 Å². The zero-order valence-corrected chi connectivity index (χ0v) is 10.8. The minimum Gasteiger partial charge on any atom is -0.497 e. The Labute approximate surface area is 109 Å². The molecular formula is C12H14N2O3S. The normalized spacial score (nSPS) is 18.9. The molecule has 2 N–H and O–H groups in total. The van der Waals surface area contributed by atoms with Gasteiger partial charge < -0.3 is 15.4 Å². The minimum absolute atomic E-state index is 0.225. The van der Waals surface area contributed by atoms with E-state index in [9.17, 15) is 9.59 Å². The van der Waals surface area contributed by atoms with Gasteiger partial charge in [-0.15, -0.1) is 11.8 Å². The van der Waals surface area contributed by atoms with Gasteiger partial charge in [0.2, 0.25) is 11.8 Å². The summed E-state index contributed by atoms with van der Waals surface area (Å²) in [6.45, 7) is 0.621. The second kappa shape index (κ2) is 5.77. The molecule has 1 aliphatic rings. The first-order valence-electron chi connectivity index (χ1n) is 5.55. The zero-order valence-electron chi connectivity index (χ0n) is 9.93. The van der Waals surface area contributed by atoms with E-state index in [4.69, 9.17) is 4.74 Å². The van der Waals surface area contributed by atoms with E-state index < -0.39 is 5.25 Å². The number of thioether (sulfide) groups is 1. The quantitative estimate of drug-likeness (QED) is 0.796. The number of hydrogen-bond donors (Lipinski definition) is 2. The van der Waals surface area contributed by atoms with Crippen molar-refractivity contribution in [2.45, 2.75) is 5.25 Å². The van der Waals surface area contributed by atoms with Crippen LogP contribution in [-0.4, -0.2) is 36.5 Å². The Hall–Kier alpha value is -1.69. The van der Waals surface area contributed by atoms with Gasteiger partial charge >= 0.3 is 0 Å². The van der Waals surface area contributed by atoms with Crippen LogP contribution >= 0.6 is 11.8 Å². The summed E-state index contributed by atoms with van der Waals surface area (Å²) in [5.74, 6) is 0.962. The van der Waals surface area contributed by atoms with Gasteiger partial charge in [0.1, 0.15) is 5.75 Å². The highest BCUT2D eigenvalue weighted by Crippen LogP contribution is 2.19. The highest BCUT2D eigenvalue weighted by molar-refractivity contribution is 8.01. The maximum atomic E-state index is 11.9. The van der Waals surface area contributed by atoms with E-state index in [2.05, 4.69) is 10.6 Å². The molecule has 1 aromatic rings. The van der Waals surface area contributed by atoms with Crippen molar-refractivity contribution in [3.8, 4) is 5.75 Å². The predicted molar refractivity (Wildman–Crippen MR) is 70.9 cm³/mol. The molecular weight excluding hydrogens is 252 g/mol. The van der Waals surface area contributed by atoms with E-state index in [0.29, 0.717) is 12.2 Å². The molecule has 18 heavy (non-hydrogen) atoms. The molecule has 0 unspecified atom stereocenters. The monoisotopic (exact) mass is 266 g/mol. The molecule has 1 atom stereocenters. The van der Waals surface area contributed by atoms with Crippen molar-refractivity contribution in [2.75, 3.05) is 24.7 Å². The molecule has 0 aromatic heterocycles. The fourth-order valence-electron chi connectivity index (χ4n) is 1.60. The molecule has 6 heteroatoms. The second-order valence-electron chi connectivity index (χ2n) is 3.76. The largest absolute Gasteiger partial charge is 0.497 e. The molecule has 0 aliphatic carbocycles. The van der Waals surface area contributed by atoms with Crippen molar-refractivity contribution < 1.29 is 14.3 Å². The Morgan fingerprint density at radius 2 is 2.17 bits per heavy atom. The van der Waals surface area contributed by atoms with Crippen LogP contribution in [0, 0.1) is 0 Å². The first kappa shape index (κ1) is 12.8. The van der Waals surface area contributed by atoms with Gasteiger partial charge in [0.15, 0.2) is 5.25 Å². The molecule has 1 heterocycles. The Bertz CT molecular complexity index is 447. The Morgan fingerprint density at radius 3 is 2.78 bits per heavy atom. The summed E-state index contributed by atoms with van der Waals surface area (Å²) in [5.41, 5.74) is 0.653. The third-order valence-electron chi connectivity index (χ3n) is 2.52. The van der Waals surface area contributed by atoms with Gasteiger partial charge in [-0.25, -0.2) is 0 Å². The zero-order chi connectivity index (χ0) is 13.0. The summed E-state index contributed by atoms with van der Waals surface area (Å²) in [5, 5.41) is 4.73. The first-order chi connectivity index (χ1) is 8.70. The van der Waals surface area contributed by atoms with Crippen LogP contribution in [0.5, 0.6) is 5.75 Å². The number of ether oxygens (including phenoxy) is 1. The number of anilines is 1. The fraction of sp³-hybridized carbons (Fsp3) is 0.333. The van der Waals surface area contributed by atoms with Crippen LogP contribution in [0.2, 0.25) is 0 Å². The number of carbonyl (C=O) groups excluding carboxylic acids is 2. The van der Waals surface area contributed by atoms with E-state index in [-0.39, 0.29) is 11.8 Å². The van der Waals surface area contributed by atoms with Crippen molar-refractivity contribution in [1.29, 1.82) is 0 Å². The van der Waals surface area contributed by atoms with E-state index in [1.807, 2.05) is 0 Å². The molecule has 1 fully saturated rings. The molecule has 2 rings (SSSR count). The smallest absolute Gasteiger partial charge is 0.247 e. The lowest BCUT2D eigenvalue weighted by Crippen LogP contribution is -2.45. The van der Waals surface area contributed by atoms with E-state index in [1.165, 1.54) is 11.8 Å². The number of nitrogens with one attached hydrogen (secondary N) is 2. The molecule has 96 valence electrons. The second-order valence-corrected chi connectivity index (χ2v) is 4.97. The summed E-state index contributed by atoms with van der Waals surface area (Å²) in [4.78, 5) is 23.4. The van der Waals surface area contributed by atoms with E-state index in [1.54, 1.807) is 31.4 Å². The number of carbonyl (C=O) groups is 2. The summed E-state index contributed by atoms with van der Waals surface area (Å²) in [6, 6.07) is 6.98. The highest BCUT2D eigenvalue weighted by atomic mass is 32.2. The summed E-state index contributed by atoms with van der Waals surface area (Å²) >= 11 is 1.36. The Kier molecular flexibility index (Phi) is 4.09. The molecule has 1 aromatic carbocycles. The van der Waals surface area contributed by atoms with Crippen molar-refractivity contribution >= 4 is 29.3 Å². The number of rotatable bonds is 3. The third kappa shape index (κ3) is 2.95. The number of methoxy groups -OCH3 is 1. The van der Waals surface area contributed by atoms with Crippen molar-refractivity contribution in [2.24, 2.45) is 0 Å². The molecule has 0 spiro atoms. The molecule has 5 nitrogen and oxygen atoms in total. The molecule has 2 amide bonds. The molecule has 1 aliphatic heterocycles. The topological polar surface area (TPSA) is 67.4 Å². The SMILES string of the molecule is COc1ccc(NC(=O)[C@@H]2SCCNC2=O)cc1.